The molecule has 0 N–H and O–H groups in total. The predicted molar refractivity (Wildman–Crippen MR) is 62.7 cm³/mol. The van der Waals surface area contributed by atoms with Gasteiger partial charge in [-0.1, -0.05) is 6.92 Å². The van der Waals surface area contributed by atoms with E-state index >= 15 is 0 Å². The van der Waals surface area contributed by atoms with Gasteiger partial charge in [0.05, 0.1) is 11.2 Å². The third-order valence-electron chi connectivity index (χ3n) is 2.15. The number of carbonyl (C=O) groups is 1. The van der Waals surface area contributed by atoms with Crippen LogP contribution in [0.1, 0.15) is 23.0 Å². The van der Waals surface area contributed by atoms with Crippen molar-refractivity contribution in [2.75, 3.05) is 0 Å². The van der Waals surface area contributed by atoms with Gasteiger partial charge in [-0.05, 0) is 47.2 Å². The number of rotatable bonds is 2. The van der Waals surface area contributed by atoms with Crippen LogP contribution in [0.5, 0.6) is 0 Å². The van der Waals surface area contributed by atoms with E-state index in [2.05, 4.69) is 34.6 Å². The Kier molecular flexibility index (Phi) is 2.54. The van der Waals surface area contributed by atoms with Gasteiger partial charge in [-0.15, -0.1) is 0 Å². The van der Waals surface area contributed by atoms with Gasteiger partial charge >= 0.3 is 0 Å². The Hall–Kier alpha value is -0.910. The normalized spacial score (nSPS) is 10.7. The standard InChI is InChI=1S/C10H9IN2O/c1-2-8-5-9-7(6-14)3-4-10(11)13(9)12-8/h3-6H,2H2,1H3. The molecule has 2 aromatic rings. The van der Waals surface area contributed by atoms with E-state index in [4.69, 9.17) is 0 Å². The van der Waals surface area contributed by atoms with Gasteiger partial charge < -0.3 is 0 Å². The second kappa shape index (κ2) is 3.68. The highest BCUT2D eigenvalue weighted by Gasteiger charge is 2.06. The minimum absolute atomic E-state index is 0.692. The fourth-order valence-electron chi connectivity index (χ4n) is 1.39. The minimum Gasteiger partial charge on any atom is -0.298 e. The summed E-state index contributed by atoms with van der Waals surface area (Å²) in [5, 5.41) is 4.39. The predicted octanol–water partition coefficient (Wildman–Crippen LogP) is 2.31. The van der Waals surface area contributed by atoms with E-state index in [1.54, 1.807) is 0 Å². The molecular weight excluding hydrogens is 291 g/mol. The van der Waals surface area contributed by atoms with Crippen LogP contribution in [-0.2, 0) is 6.42 Å². The van der Waals surface area contributed by atoms with E-state index in [1.807, 2.05) is 22.7 Å². The molecule has 0 radical (unpaired) electrons. The van der Waals surface area contributed by atoms with Crippen molar-refractivity contribution in [1.82, 2.24) is 9.61 Å². The Labute approximate surface area is 95.3 Å². The first-order valence-corrected chi connectivity index (χ1v) is 5.46. The largest absolute Gasteiger partial charge is 0.298 e. The first-order valence-electron chi connectivity index (χ1n) is 4.38. The zero-order valence-electron chi connectivity index (χ0n) is 7.70. The zero-order valence-corrected chi connectivity index (χ0v) is 9.85. The summed E-state index contributed by atoms with van der Waals surface area (Å²) in [7, 11) is 0. The minimum atomic E-state index is 0.692. The summed E-state index contributed by atoms with van der Waals surface area (Å²) in [6.45, 7) is 2.05. The van der Waals surface area contributed by atoms with Gasteiger partial charge in [-0.2, -0.15) is 5.10 Å². The first-order chi connectivity index (χ1) is 6.76. The Bertz CT molecular complexity index is 490. The average molecular weight is 300 g/mol. The van der Waals surface area contributed by atoms with Crippen LogP contribution in [0.25, 0.3) is 5.52 Å². The summed E-state index contributed by atoms with van der Waals surface area (Å²) in [6, 6.07) is 5.68. The number of carbonyl (C=O) groups excluding carboxylic acids is 1. The van der Waals surface area contributed by atoms with Crippen molar-refractivity contribution in [3.8, 4) is 0 Å². The number of fused-ring (bicyclic) bond motifs is 1. The molecule has 0 aliphatic carbocycles. The molecule has 0 unspecified atom stereocenters. The van der Waals surface area contributed by atoms with Crippen molar-refractivity contribution in [1.29, 1.82) is 0 Å². The topological polar surface area (TPSA) is 34.4 Å². The van der Waals surface area contributed by atoms with Crippen molar-refractivity contribution in [3.05, 3.63) is 33.2 Å². The van der Waals surface area contributed by atoms with Gasteiger partial charge in [0.25, 0.3) is 0 Å². The molecule has 0 aliphatic rings. The molecule has 72 valence electrons. The van der Waals surface area contributed by atoms with Gasteiger partial charge in [-0.25, -0.2) is 4.52 Å². The molecule has 0 aliphatic heterocycles. The van der Waals surface area contributed by atoms with Crippen molar-refractivity contribution in [2.45, 2.75) is 13.3 Å². The van der Waals surface area contributed by atoms with E-state index in [9.17, 15) is 4.79 Å². The molecule has 0 amide bonds. The molecule has 2 heterocycles. The van der Waals surface area contributed by atoms with Crippen LogP contribution in [-0.4, -0.2) is 15.9 Å². The van der Waals surface area contributed by atoms with Crippen molar-refractivity contribution in [2.24, 2.45) is 0 Å². The number of halogens is 1. The Balaban J connectivity index is 2.81. The highest BCUT2D eigenvalue weighted by Crippen LogP contribution is 2.15. The maximum atomic E-state index is 10.8. The number of aldehydes is 1. The molecule has 2 aromatic heterocycles. The Morgan fingerprint density at radius 1 is 1.57 bits per heavy atom. The number of aryl methyl sites for hydroxylation is 1. The number of hydrogen-bond acceptors (Lipinski definition) is 2. The lowest BCUT2D eigenvalue weighted by molar-refractivity contribution is 0.112. The van der Waals surface area contributed by atoms with Gasteiger partial charge in [0.2, 0.25) is 0 Å². The molecule has 4 heteroatoms. The molecule has 0 aromatic carbocycles. The summed E-state index contributed by atoms with van der Waals surface area (Å²) >= 11 is 2.21. The number of nitrogens with zero attached hydrogens (tertiary/aromatic N) is 2. The van der Waals surface area contributed by atoms with Gasteiger partial charge in [0.15, 0.2) is 6.29 Å². The zero-order chi connectivity index (χ0) is 10.1. The number of pyridine rings is 1. The van der Waals surface area contributed by atoms with Gasteiger partial charge in [-0.3, -0.25) is 4.79 Å². The smallest absolute Gasteiger partial charge is 0.152 e. The summed E-state index contributed by atoms with van der Waals surface area (Å²) in [5.74, 6) is 0. The second-order valence-corrected chi connectivity index (χ2v) is 4.12. The van der Waals surface area contributed by atoms with Crippen LogP contribution in [0, 0.1) is 3.70 Å². The van der Waals surface area contributed by atoms with Crippen LogP contribution in [0.4, 0.5) is 0 Å². The van der Waals surface area contributed by atoms with E-state index in [1.165, 1.54) is 0 Å². The summed E-state index contributed by atoms with van der Waals surface area (Å²) < 4.78 is 2.83. The Morgan fingerprint density at radius 2 is 2.36 bits per heavy atom. The fraction of sp³-hybridized carbons (Fsp3) is 0.200. The molecule has 0 saturated carbocycles. The van der Waals surface area contributed by atoms with Crippen LogP contribution >= 0.6 is 22.6 Å². The first kappa shape index (κ1) is 9.64. The number of aromatic nitrogens is 2. The van der Waals surface area contributed by atoms with Crippen molar-refractivity contribution in [3.63, 3.8) is 0 Å². The van der Waals surface area contributed by atoms with Crippen LogP contribution < -0.4 is 0 Å². The molecule has 2 rings (SSSR count). The van der Waals surface area contributed by atoms with Crippen LogP contribution in [0.15, 0.2) is 18.2 Å². The van der Waals surface area contributed by atoms with E-state index in [0.29, 0.717) is 5.56 Å². The third kappa shape index (κ3) is 1.43. The average Bonchev–Trinajstić information content (AvgIpc) is 2.63. The third-order valence-corrected chi connectivity index (χ3v) is 2.96. The molecular formula is C10H9IN2O. The Morgan fingerprint density at radius 3 is 3.00 bits per heavy atom. The molecule has 0 atom stereocenters. The van der Waals surface area contributed by atoms with Crippen molar-refractivity contribution >= 4 is 34.4 Å². The molecule has 14 heavy (non-hydrogen) atoms. The fourth-order valence-corrected chi connectivity index (χ4v) is 1.93. The summed E-state index contributed by atoms with van der Waals surface area (Å²) in [4.78, 5) is 10.8. The molecule has 0 spiro atoms. The van der Waals surface area contributed by atoms with E-state index in [0.717, 1.165) is 27.6 Å². The molecule has 3 nitrogen and oxygen atoms in total. The van der Waals surface area contributed by atoms with Crippen LogP contribution in [0.2, 0.25) is 0 Å². The monoisotopic (exact) mass is 300 g/mol. The summed E-state index contributed by atoms with van der Waals surface area (Å²) in [5.41, 5.74) is 2.60. The van der Waals surface area contributed by atoms with E-state index < -0.39 is 0 Å². The molecule has 0 bridgehead atoms. The SMILES string of the molecule is CCc1cc2c(C=O)ccc(I)n2n1. The highest BCUT2D eigenvalue weighted by molar-refractivity contribution is 14.1. The molecule has 0 fully saturated rings. The van der Waals surface area contributed by atoms with Gasteiger partial charge in [0.1, 0.15) is 3.70 Å². The molecule has 0 saturated heterocycles. The summed E-state index contributed by atoms with van der Waals surface area (Å²) in [6.07, 6.45) is 1.75. The highest BCUT2D eigenvalue weighted by atomic mass is 127. The number of hydrogen-bond donors (Lipinski definition) is 0. The maximum absolute atomic E-state index is 10.8. The van der Waals surface area contributed by atoms with Crippen LogP contribution in [0.3, 0.4) is 0 Å². The van der Waals surface area contributed by atoms with Crippen molar-refractivity contribution < 1.29 is 4.79 Å². The van der Waals surface area contributed by atoms with E-state index in [-0.39, 0.29) is 0 Å². The lowest BCUT2D eigenvalue weighted by Gasteiger charge is -1.98. The maximum Gasteiger partial charge on any atom is 0.152 e. The second-order valence-electron chi connectivity index (χ2n) is 3.02. The lowest BCUT2D eigenvalue weighted by Crippen LogP contribution is -1.96. The van der Waals surface area contributed by atoms with Gasteiger partial charge in [0, 0.05) is 5.56 Å². The quantitative estimate of drug-likeness (QED) is 0.484. The lowest BCUT2D eigenvalue weighted by atomic mass is 10.2.